The number of hydrogen-bond acceptors (Lipinski definition) is 1. The lowest BCUT2D eigenvalue weighted by molar-refractivity contribution is 0.102. The van der Waals surface area contributed by atoms with Gasteiger partial charge in [-0.2, -0.15) is 0 Å². The van der Waals surface area contributed by atoms with Crippen LogP contribution in [-0.2, 0) is 5.41 Å². The van der Waals surface area contributed by atoms with Crippen molar-refractivity contribution in [3.63, 3.8) is 0 Å². The van der Waals surface area contributed by atoms with Gasteiger partial charge in [-0.15, -0.1) is 0 Å². The van der Waals surface area contributed by atoms with E-state index in [1.807, 2.05) is 12.1 Å². The highest BCUT2D eigenvalue weighted by Gasteiger charge is 2.16. The molecular weight excluding hydrogens is 341 g/mol. The van der Waals surface area contributed by atoms with Crippen molar-refractivity contribution < 1.29 is 4.79 Å². The lowest BCUT2D eigenvalue weighted by Crippen LogP contribution is -2.14. The minimum Gasteiger partial charge on any atom is -0.319 e. The summed E-state index contributed by atoms with van der Waals surface area (Å²) in [6, 6.07) is 10.5. The minimum absolute atomic E-state index is 0.0395. The molecule has 0 aliphatic heterocycles. The quantitative estimate of drug-likeness (QED) is 0.682. The molecule has 0 saturated heterocycles. The monoisotopic (exact) mass is 355 g/mol. The maximum atomic E-state index is 12.3. The summed E-state index contributed by atoms with van der Waals surface area (Å²) in [5.41, 5.74) is 2.09. The van der Waals surface area contributed by atoms with E-state index in [1.165, 1.54) is 12.1 Å². The van der Waals surface area contributed by atoms with Crippen LogP contribution in [0.15, 0.2) is 36.4 Å². The van der Waals surface area contributed by atoms with Gasteiger partial charge in [-0.1, -0.05) is 67.7 Å². The zero-order valence-electron chi connectivity index (χ0n) is 12.5. The highest BCUT2D eigenvalue weighted by molar-refractivity contribution is 6.42. The molecule has 0 aromatic heterocycles. The molecule has 0 heterocycles. The topological polar surface area (TPSA) is 29.1 Å². The highest BCUT2D eigenvalue weighted by atomic mass is 35.5. The Balaban J connectivity index is 2.23. The molecule has 0 fully saturated rings. The summed E-state index contributed by atoms with van der Waals surface area (Å²) in [6.45, 7) is 6.36. The molecule has 0 saturated carbocycles. The van der Waals surface area contributed by atoms with E-state index in [1.54, 1.807) is 12.1 Å². The van der Waals surface area contributed by atoms with Crippen molar-refractivity contribution in [2.45, 2.75) is 26.2 Å². The van der Waals surface area contributed by atoms with Crippen LogP contribution in [0.5, 0.6) is 0 Å². The molecule has 1 N–H and O–H groups in total. The number of benzene rings is 2. The molecule has 2 rings (SSSR count). The van der Waals surface area contributed by atoms with E-state index < -0.39 is 0 Å². The number of halogens is 3. The second-order valence-electron chi connectivity index (χ2n) is 6.03. The Hall–Kier alpha value is -1.22. The predicted molar refractivity (Wildman–Crippen MR) is 94.6 cm³/mol. The molecule has 0 aliphatic carbocycles. The number of carbonyl (C=O) groups excluding carboxylic acids is 1. The number of nitrogens with one attached hydrogen (secondary N) is 1. The second-order valence-corrected chi connectivity index (χ2v) is 7.28. The molecule has 1 amide bonds. The zero-order valence-corrected chi connectivity index (χ0v) is 14.8. The van der Waals surface area contributed by atoms with Crippen molar-refractivity contribution in [1.82, 2.24) is 0 Å². The summed E-state index contributed by atoms with van der Waals surface area (Å²) in [4.78, 5) is 12.3. The summed E-state index contributed by atoms with van der Waals surface area (Å²) >= 11 is 18.0. The average molecular weight is 357 g/mol. The van der Waals surface area contributed by atoms with Crippen LogP contribution in [0.25, 0.3) is 0 Å². The van der Waals surface area contributed by atoms with Crippen LogP contribution in [0, 0.1) is 0 Å². The molecule has 2 aromatic carbocycles. The fourth-order valence-electron chi connectivity index (χ4n) is 1.97. The van der Waals surface area contributed by atoms with E-state index in [2.05, 4.69) is 26.1 Å². The van der Waals surface area contributed by atoms with Crippen LogP contribution >= 0.6 is 34.8 Å². The van der Waals surface area contributed by atoms with E-state index in [9.17, 15) is 4.79 Å². The highest BCUT2D eigenvalue weighted by Crippen LogP contribution is 2.34. The Labute approximate surface area is 145 Å². The van der Waals surface area contributed by atoms with Crippen LogP contribution in [0.4, 0.5) is 5.69 Å². The lowest BCUT2D eigenvalue weighted by Gasteiger charge is -2.19. The summed E-state index contributed by atoms with van der Waals surface area (Å²) < 4.78 is 0. The van der Waals surface area contributed by atoms with Crippen molar-refractivity contribution in [2.24, 2.45) is 0 Å². The molecule has 2 aromatic rings. The number of rotatable bonds is 2. The van der Waals surface area contributed by atoms with E-state index in [0.717, 1.165) is 5.56 Å². The van der Waals surface area contributed by atoms with Gasteiger partial charge in [0.1, 0.15) is 0 Å². The molecule has 0 unspecified atom stereocenters. The lowest BCUT2D eigenvalue weighted by atomic mass is 9.87. The van der Waals surface area contributed by atoms with Crippen molar-refractivity contribution in [1.29, 1.82) is 0 Å². The molecule has 5 heteroatoms. The Kier molecular flexibility index (Phi) is 5.06. The van der Waals surface area contributed by atoms with Crippen LogP contribution in [0.2, 0.25) is 15.1 Å². The Bertz CT molecular complexity index is 680. The second kappa shape index (κ2) is 6.49. The van der Waals surface area contributed by atoms with Gasteiger partial charge in [0, 0.05) is 10.6 Å². The van der Waals surface area contributed by atoms with E-state index in [-0.39, 0.29) is 11.3 Å². The van der Waals surface area contributed by atoms with Crippen LogP contribution < -0.4 is 5.32 Å². The molecule has 0 radical (unpaired) electrons. The molecule has 0 aliphatic rings. The summed E-state index contributed by atoms with van der Waals surface area (Å²) in [6.07, 6.45) is 0. The maximum absolute atomic E-state index is 12.3. The smallest absolute Gasteiger partial charge is 0.255 e. The fourth-order valence-corrected chi connectivity index (χ4v) is 2.88. The largest absolute Gasteiger partial charge is 0.319 e. The van der Waals surface area contributed by atoms with E-state index >= 15 is 0 Å². The van der Waals surface area contributed by atoms with Crippen molar-refractivity contribution in [3.8, 4) is 0 Å². The first-order valence-electron chi connectivity index (χ1n) is 6.75. The number of anilines is 1. The molecular formula is C17H16Cl3NO. The first-order valence-corrected chi connectivity index (χ1v) is 7.88. The summed E-state index contributed by atoms with van der Waals surface area (Å²) in [5.74, 6) is -0.272. The molecule has 22 heavy (non-hydrogen) atoms. The third kappa shape index (κ3) is 3.95. The van der Waals surface area contributed by atoms with Gasteiger partial charge in [-0.3, -0.25) is 4.79 Å². The van der Waals surface area contributed by atoms with Gasteiger partial charge in [-0.25, -0.2) is 0 Å². The van der Waals surface area contributed by atoms with Gasteiger partial charge in [-0.05, 0) is 35.2 Å². The van der Waals surface area contributed by atoms with Gasteiger partial charge in [0.2, 0.25) is 0 Å². The summed E-state index contributed by atoms with van der Waals surface area (Å²) in [7, 11) is 0. The van der Waals surface area contributed by atoms with Gasteiger partial charge >= 0.3 is 0 Å². The van der Waals surface area contributed by atoms with Gasteiger partial charge in [0.05, 0.1) is 15.7 Å². The van der Waals surface area contributed by atoms with E-state index in [4.69, 9.17) is 34.8 Å². The third-order valence-corrected chi connectivity index (χ3v) is 4.07. The molecule has 116 valence electrons. The Morgan fingerprint density at radius 1 is 0.955 bits per heavy atom. The fraction of sp³-hybridized carbons (Fsp3) is 0.235. The SMILES string of the molecule is CC(C)(C)c1ccc(C(=O)Nc2c(Cl)cc(Cl)cc2Cl)cc1. The van der Waals surface area contributed by atoms with Crippen molar-refractivity contribution >= 4 is 46.4 Å². The van der Waals surface area contributed by atoms with Crippen LogP contribution in [0.3, 0.4) is 0 Å². The van der Waals surface area contributed by atoms with Crippen molar-refractivity contribution in [3.05, 3.63) is 62.6 Å². The average Bonchev–Trinajstić information content (AvgIpc) is 2.41. The Morgan fingerprint density at radius 3 is 1.91 bits per heavy atom. The van der Waals surface area contributed by atoms with E-state index in [0.29, 0.717) is 26.3 Å². The van der Waals surface area contributed by atoms with Gasteiger partial charge in [0.25, 0.3) is 5.91 Å². The zero-order chi connectivity index (χ0) is 16.5. The normalized spacial score (nSPS) is 11.4. The molecule has 0 bridgehead atoms. The molecule has 0 spiro atoms. The number of carbonyl (C=O) groups is 1. The maximum Gasteiger partial charge on any atom is 0.255 e. The summed E-state index contributed by atoms with van der Waals surface area (Å²) in [5, 5.41) is 3.74. The number of amides is 1. The molecule has 0 atom stereocenters. The van der Waals surface area contributed by atoms with Crippen molar-refractivity contribution in [2.75, 3.05) is 5.32 Å². The molecule has 2 nitrogen and oxygen atoms in total. The van der Waals surface area contributed by atoms with Gasteiger partial charge < -0.3 is 5.32 Å². The standard InChI is InChI=1S/C17H16Cl3NO/c1-17(2,3)11-6-4-10(5-7-11)16(22)21-15-13(19)8-12(18)9-14(15)20/h4-9H,1-3H3,(H,21,22). The first kappa shape index (κ1) is 17.1. The first-order chi connectivity index (χ1) is 10.2. The van der Waals surface area contributed by atoms with Crippen LogP contribution in [-0.4, -0.2) is 5.91 Å². The predicted octanol–water partition coefficient (Wildman–Crippen LogP) is 6.20. The minimum atomic E-state index is -0.272. The third-order valence-electron chi connectivity index (χ3n) is 3.26. The Morgan fingerprint density at radius 2 is 1.45 bits per heavy atom. The number of hydrogen-bond donors (Lipinski definition) is 1. The van der Waals surface area contributed by atoms with Gasteiger partial charge in [0.15, 0.2) is 0 Å². The van der Waals surface area contributed by atoms with Crippen LogP contribution in [0.1, 0.15) is 36.7 Å².